The SMILES string of the molecule is Cc1cc([C@@H]2C[C@H]3[C@H]4C(=O)N(Cc5cccs5)C(=O)[C@H]4C[C@H](CO)[C@@]3(O)O2)cc(C)c1O. The molecule has 170 valence electrons. The van der Waals surface area contributed by atoms with Crippen LogP contribution in [-0.4, -0.2) is 44.4 Å². The number of rotatable bonds is 4. The monoisotopic (exact) mass is 457 g/mol. The molecule has 3 fully saturated rings. The lowest BCUT2D eigenvalue weighted by Crippen LogP contribution is -2.54. The first-order chi connectivity index (χ1) is 15.2. The van der Waals surface area contributed by atoms with Crippen LogP contribution in [0.2, 0.25) is 0 Å². The minimum absolute atomic E-state index is 0.208. The molecule has 3 N–H and O–H groups in total. The summed E-state index contributed by atoms with van der Waals surface area (Å²) in [5, 5.41) is 33.7. The van der Waals surface area contributed by atoms with Crippen molar-refractivity contribution < 1.29 is 29.6 Å². The lowest BCUT2D eigenvalue weighted by Gasteiger charge is -2.44. The van der Waals surface area contributed by atoms with Gasteiger partial charge in [0, 0.05) is 16.7 Å². The van der Waals surface area contributed by atoms with Crippen molar-refractivity contribution in [2.24, 2.45) is 23.7 Å². The number of nitrogens with zero attached hydrogens (tertiary/aromatic N) is 1. The summed E-state index contributed by atoms with van der Waals surface area (Å²) in [6.07, 6.45) is 0.0778. The average molecular weight is 458 g/mol. The zero-order chi connectivity index (χ0) is 22.8. The molecule has 2 saturated heterocycles. The second kappa shape index (κ2) is 7.66. The van der Waals surface area contributed by atoms with Gasteiger partial charge in [0.25, 0.3) is 0 Å². The third-order valence-corrected chi connectivity index (χ3v) is 8.32. The maximum Gasteiger partial charge on any atom is 0.233 e. The quantitative estimate of drug-likeness (QED) is 0.610. The number of ether oxygens (including phenoxy) is 1. The van der Waals surface area contributed by atoms with Gasteiger partial charge in [0.05, 0.1) is 31.1 Å². The van der Waals surface area contributed by atoms with Crippen LogP contribution in [0.15, 0.2) is 29.6 Å². The van der Waals surface area contributed by atoms with Crippen LogP contribution in [-0.2, 0) is 20.9 Å². The number of hydrogen-bond acceptors (Lipinski definition) is 7. The molecule has 5 rings (SSSR count). The van der Waals surface area contributed by atoms with Gasteiger partial charge in [0.15, 0.2) is 5.79 Å². The van der Waals surface area contributed by atoms with E-state index in [9.17, 15) is 24.9 Å². The standard InChI is InChI=1S/C24H27NO6S/c1-12-6-14(7-13(2)21(12)27)19-9-18-20-17(8-15(11-26)24(18,30)31-19)22(28)25(23(20)29)10-16-4-3-5-32-16/h3-7,15,17-20,26-27,30H,8-11H2,1-2H3/t15-,17+,18+,19+,20+,24-/m1/s1. The number of carbonyl (C=O) groups excluding carboxylic acids is 2. The number of aryl methyl sites for hydroxylation is 2. The van der Waals surface area contributed by atoms with E-state index >= 15 is 0 Å². The summed E-state index contributed by atoms with van der Waals surface area (Å²) in [7, 11) is 0. The summed E-state index contributed by atoms with van der Waals surface area (Å²) in [6.45, 7) is 3.51. The highest BCUT2D eigenvalue weighted by atomic mass is 32.1. The van der Waals surface area contributed by atoms with E-state index in [4.69, 9.17) is 4.74 Å². The van der Waals surface area contributed by atoms with Crippen LogP contribution in [0.4, 0.5) is 0 Å². The molecular formula is C24H27NO6S. The molecule has 2 aromatic rings. The number of imide groups is 1. The molecule has 8 heteroatoms. The van der Waals surface area contributed by atoms with Crippen LogP contribution >= 0.6 is 11.3 Å². The normalized spacial score (nSPS) is 34.1. The summed E-state index contributed by atoms with van der Waals surface area (Å²) in [4.78, 5) is 28.8. The zero-order valence-corrected chi connectivity index (χ0v) is 18.8. The van der Waals surface area contributed by atoms with E-state index in [1.165, 1.54) is 16.2 Å². The Morgan fingerprint density at radius 1 is 1.19 bits per heavy atom. The van der Waals surface area contributed by atoms with E-state index in [1.807, 2.05) is 29.6 Å². The summed E-state index contributed by atoms with van der Waals surface area (Å²) < 4.78 is 6.16. The van der Waals surface area contributed by atoms with Gasteiger partial charge in [0.1, 0.15) is 5.75 Å². The van der Waals surface area contributed by atoms with Crippen molar-refractivity contribution in [3.05, 3.63) is 51.2 Å². The van der Waals surface area contributed by atoms with Crippen molar-refractivity contribution in [3.8, 4) is 5.75 Å². The molecule has 0 spiro atoms. The van der Waals surface area contributed by atoms with Crippen LogP contribution in [0.3, 0.4) is 0 Å². The van der Waals surface area contributed by atoms with Crippen LogP contribution < -0.4 is 0 Å². The summed E-state index contributed by atoms with van der Waals surface area (Å²) in [5.41, 5.74) is 2.22. The number of amides is 2. The van der Waals surface area contributed by atoms with Gasteiger partial charge in [-0.1, -0.05) is 6.07 Å². The Morgan fingerprint density at radius 3 is 2.53 bits per heavy atom. The molecule has 1 aliphatic carbocycles. The fraction of sp³-hybridized carbons (Fsp3) is 0.500. The van der Waals surface area contributed by atoms with Crippen molar-refractivity contribution in [1.82, 2.24) is 4.90 Å². The largest absolute Gasteiger partial charge is 0.507 e. The van der Waals surface area contributed by atoms with Gasteiger partial charge in [-0.15, -0.1) is 11.3 Å². The first kappa shape index (κ1) is 21.6. The molecular weight excluding hydrogens is 430 g/mol. The molecule has 3 aliphatic rings. The average Bonchev–Trinajstić information content (AvgIpc) is 3.45. The van der Waals surface area contributed by atoms with Crippen molar-refractivity contribution in [3.63, 3.8) is 0 Å². The molecule has 2 amide bonds. The third-order valence-electron chi connectivity index (χ3n) is 7.45. The van der Waals surface area contributed by atoms with Crippen molar-refractivity contribution >= 4 is 23.2 Å². The first-order valence-corrected chi connectivity index (χ1v) is 11.8. The number of aliphatic hydroxyl groups excluding tert-OH is 1. The second-order valence-electron chi connectivity index (χ2n) is 9.29. The molecule has 7 nitrogen and oxygen atoms in total. The number of carbonyl (C=O) groups is 2. The Hall–Kier alpha value is -2.26. The lowest BCUT2D eigenvalue weighted by molar-refractivity contribution is -0.274. The molecule has 0 radical (unpaired) electrons. The maximum absolute atomic E-state index is 13.4. The predicted molar refractivity (Wildman–Crippen MR) is 117 cm³/mol. The van der Waals surface area contributed by atoms with E-state index < -0.39 is 35.6 Å². The number of hydrogen-bond donors (Lipinski definition) is 3. The molecule has 0 bridgehead atoms. The number of thiophene rings is 1. The van der Waals surface area contributed by atoms with E-state index in [-0.39, 0.29) is 37.1 Å². The fourth-order valence-corrected chi connectivity index (χ4v) is 6.55. The van der Waals surface area contributed by atoms with Crippen LogP contribution in [0.1, 0.15) is 40.5 Å². The number of aromatic hydroxyl groups is 1. The molecule has 1 aromatic carbocycles. The molecule has 6 atom stereocenters. The van der Waals surface area contributed by atoms with Crippen LogP contribution in [0.5, 0.6) is 5.75 Å². The van der Waals surface area contributed by atoms with E-state index in [1.54, 1.807) is 13.8 Å². The van der Waals surface area contributed by atoms with Crippen LogP contribution in [0, 0.1) is 37.5 Å². The Morgan fingerprint density at radius 2 is 1.91 bits per heavy atom. The minimum Gasteiger partial charge on any atom is -0.507 e. The molecule has 1 aromatic heterocycles. The topological polar surface area (TPSA) is 107 Å². The van der Waals surface area contributed by atoms with Crippen molar-refractivity contribution in [1.29, 1.82) is 0 Å². The van der Waals surface area contributed by atoms with Gasteiger partial charge < -0.3 is 20.1 Å². The third kappa shape index (κ3) is 3.12. The molecule has 2 aliphatic heterocycles. The molecule has 0 unspecified atom stereocenters. The number of phenols is 1. The predicted octanol–water partition coefficient (Wildman–Crippen LogP) is 2.65. The van der Waals surface area contributed by atoms with E-state index in [0.717, 1.165) is 10.4 Å². The molecule has 32 heavy (non-hydrogen) atoms. The smallest absolute Gasteiger partial charge is 0.233 e. The lowest BCUT2D eigenvalue weighted by atomic mass is 9.64. The highest BCUT2D eigenvalue weighted by Crippen LogP contribution is 2.58. The van der Waals surface area contributed by atoms with E-state index in [2.05, 4.69) is 0 Å². The highest BCUT2D eigenvalue weighted by molar-refractivity contribution is 7.09. The molecule has 1 saturated carbocycles. The van der Waals surface area contributed by atoms with Crippen molar-refractivity contribution in [2.75, 3.05) is 6.61 Å². The van der Waals surface area contributed by atoms with Crippen molar-refractivity contribution in [2.45, 2.75) is 45.1 Å². The first-order valence-electron chi connectivity index (χ1n) is 10.9. The van der Waals surface area contributed by atoms with E-state index in [0.29, 0.717) is 17.5 Å². The maximum atomic E-state index is 13.4. The number of phenolic OH excluding ortho intramolecular Hbond substituents is 1. The Labute approximate surface area is 190 Å². The minimum atomic E-state index is -1.69. The van der Waals surface area contributed by atoms with Gasteiger partial charge in [-0.05, 0) is 67.0 Å². The Balaban J connectivity index is 1.49. The zero-order valence-electron chi connectivity index (χ0n) is 18.0. The van der Waals surface area contributed by atoms with Gasteiger partial charge in [-0.2, -0.15) is 0 Å². The fourth-order valence-electron chi connectivity index (χ4n) is 5.85. The number of aliphatic hydroxyl groups is 2. The summed E-state index contributed by atoms with van der Waals surface area (Å²) in [5.74, 6) is -4.44. The summed E-state index contributed by atoms with van der Waals surface area (Å²) >= 11 is 1.49. The Bertz CT molecular complexity index is 1050. The van der Waals surface area contributed by atoms with Gasteiger partial charge in [0.2, 0.25) is 11.8 Å². The number of likely N-dealkylation sites (tertiary alicyclic amines) is 1. The summed E-state index contributed by atoms with van der Waals surface area (Å²) in [6, 6.07) is 7.42. The van der Waals surface area contributed by atoms with Crippen LogP contribution in [0.25, 0.3) is 0 Å². The Kier molecular flexibility index (Phi) is 5.16. The van der Waals surface area contributed by atoms with Gasteiger partial charge >= 0.3 is 0 Å². The van der Waals surface area contributed by atoms with Gasteiger partial charge in [-0.25, -0.2) is 0 Å². The number of fused-ring (bicyclic) bond motifs is 3. The van der Waals surface area contributed by atoms with Gasteiger partial charge in [-0.3, -0.25) is 14.5 Å². The number of benzene rings is 1. The molecule has 3 heterocycles. The second-order valence-corrected chi connectivity index (χ2v) is 10.3. The highest BCUT2D eigenvalue weighted by Gasteiger charge is 2.66.